The van der Waals surface area contributed by atoms with Gasteiger partial charge in [-0.2, -0.15) is 5.26 Å². The lowest BCUT2D eigenvalue weighted by atomic mass is 10.0. The van der Waals surface area contributed by atoms with Gasteiger partial charge in [0.25, 0.3) is 0 Å². The minimum Gasteiger partial charge on any atom is -0.354 e. The fraction of sp³-hybridized carbons (Fsp3) is 0.179. The number of hydrogen-bond donors (Lipinski definition) is 1. The summed E-state index contributed by atoms with van der Waals surface area (Å²) in [6, 6.07) is 20.2. The van der Waals surface area contributed by atoms with E-state index in [1.165, 1.54) is 0 Å². The van der Waals surface area contributed by atoms with Crippen molar-refractivity contribution in [2.45, 2.75) is 12.8 Å². The smallest absolute Gasteiger partial charge is 0.103 e. The van der Waals surface area contributed by atoms with Crippen LogP contribution in [0, 0.1) is 11.3 Å². The molecule has 0 fully saturated rings. The van der Waals surface area contributed by atoms with Crippen LogP contribution in [0.5, 0.6) is 0 Å². The Morgan fingerprint density at radius 2 is 1.94 bits per heavy atom. The summed E-state index contributed by atoms with van der Waals surface area (Å²) in [6.45, 7) is 0.852. The van der Waals surface area contributed by atoms with Crippen molar-refractivity contribution in [2.75, 3.05) is 26.0 Å². The number of nitriles is 1. The van der Waals surface area contributed by atoms with Crippen LogP contribution in [0.4, 0.5) is 11.4 Å². The lowest BCUT2D eigenvalue weighted by Crippen LogP contribution is -2.10. The van der Waals surface area contributed by atoms with Gasteiger partial charge >= 0.3 is 0 Å². The molecule has 0 atom stereocenters. The molecule has 2 heterocycles. The van der Waals surface area contributed by atoms with Gasteiger partial charge in [-0.05, 0) is 74.5 Å². The topological polar surface area (TPSA) is 64.8 Å². The number of likely N-dealkylation sites (N-methyl/N-ethyl adjacent to an activating group) is 1. The average molecular weight is 468 g/mol. The third kappa shape index (κ3) is 5.79. The zero-order valence-corrected chi connectivity index (χ0v) is 20.0. The predicted octanol–water partition coefficient (Wildman–Crippen LogP) is 6.26. The minimum atomic E-state index is 0.484. The van der Waals surface area contributed by atoms with Crippen LogP contribution in [0.15, 0.2) is 73.1 Å². The van der Waals surface area contributed by atoms with Gasteiger partial charge in [-0.25, -0.2) is 0 Å². The number of nitrogens with one attached hydrogen (secondary N) is 1. The van der Waals surface area contributed by atoms with E-state index in [0.29, 0.717) is 10.6 Å². The maximum atomic E-state index is 9.72. The Hall–Kier alpha value is -3.72. The van der Waals surface area contributed by atoms with Gasteiger partial charge < -0.3 is 10.2 Å². The van der Waals surface area contributed by atoms with Gasteiger partial charge in [-0.3, -0.25) is 9.97 Å². The number of rotatable bonds is 8. The summed E-state index contributed by atoms with van der Waals surface area (Å²) >= 11 is 6.61. The van der Waals surface area contributed by atoms with Crippen LogP contribution in [0.25, 0.3) is 17.0 Å². The molecule has 5 nitrogen and oxygen atoms in total. The predicted molar refractivity (Wildman–Crippen MR) is 140 cm³/mol. The summed E-state index contributed by atoms with van der Waals surface area (Å²) in [5.41, 5.74) is 6.01. The molecule has 4 aromatic rings. The molecular formula is C28H26ClN5. The van der Waals surface area contributed by atoms with Crippen molar-refractivity contribution in [1.82, 2.24) is 14.9 Å². The van der Waals surface area contributed by atoms with Crippen molar-refractivity contribution in [3.63, 3.8) is 0 Å². The Morgan fingerprint density at radius 1 is 1.06 bits per heavy atom. The number of halogens is 1. The number of nitrogens with zero attached hydrogens (tertiary/aromatic N) is 4. The van der Waals surface area contributed by atoms with E-state index in [0.717, 1.165) is 58.5 Å². The highest BCUT2D eigenvalue weighted by Gasteiger charge is 2.11. The molecule has 170 valence electrons. The summed E-state index contributed by atoms with van der Waals surface area (Å²) in [6.07, 6.45) is 9.23. The van der Waals surface area contributed by atoms with Gasteiger partial charge in [0.1, 0.15) is 6.07 Å². The molecule has 0 aliphatic carbocycles. The number of hydrogen-bond acceptors (Lipinski definition) is 5. The number of pyridine rings is 2. The first-order chi connectivity index (χ1) is 16.5. The second-order valence-electron chi connectivity index (χ2n) is 8.35. The lowest BCUT2D eigenvalue weighted by Gasteiger charge is -2.14. The second kappa shape index (κ2) is 10.9. The second-order valence-corrected chi connectivity index (χ2v) is 8.76. The van der Waals surface area contributed by atoms with Crippen molar-refractivity contribution < 1.29 is 0 Å². The van der Waals surface area contributed by atoms with Gasteiger partial charge in [0.2, 0.25) is 0 Å². The Bertz CT molecular complexity index is 1360. The van der Waals surface area contributed by atoms with E-state index in [2.05, 4.69) is 44.5 Å². The Kier molecular flexibility index (Phi) is 7.54. The molecule has 6 heteroatoms. The highest BCUT2D eigenvalue weighted by atomic mass is 35.5. The van der Waals surface area contributed by atoms with Crippen molar-refractivity contribution in [3.05, 3.63) is 100 Å². The van der Waals surface area contributed by atoms with E-state index < -0.39 is 0 Å². The van der Waals surface area contributed by atoms with E-state index in [9.17, 15) is 5.26 Å². The first-order valence-corrected chi connectivity index (χ1v) is 11.5. The summed E-state index contributed by atoms with van der Waals surface area (Å²) in [4.78, 5) is 10.9. The van der Waals surface area contributed by atoms with Crippen LogP contribution in [0.1, 0.15) is 22.4 Å². The summed E-state index contributed by atoms with van der Waals surface area (Å²) in [5, 5.41) is 14.7. The molecule has 2 aromatic carbocycles. The minimum absolute atomic E-state index is 0.484. The largest absolute Gasteiger partial charge is 0.354 e. The molecular weight excluding hydrogens is 442 g/mol. The van der Waals surface area contributed by atoms with E-state index in [-0.39, 0.29) is 0 Å². The number of fused-ring (bicyclic) bond motifs is 1. The molecule has 0 amide bonds. The van der Waals surface area contributed by atoms with Crippen LogP contribution < -0.4 is 5.32 Å². The van der Waals surface area contributed by atoms with Crippen molar-refractivity contribution >= 4 is 40.0 Å². The summed E-state index contributed by atoms with van der Waals surface area (Å²) in [5.74, 6) is 0. The number of anilines is 2. The molecule has 2 aromatic heterocycles. The van der Waals surface area contributed by atoms with E-state index in [4.69, 9.17) is 11.6 Å². The van der Waals surface area contributed by atoms with Crippen LogP contribution in [-0.2, 0) is 12.8 Å². The van der Waals surface area contributed by atoms with Crippen LogP contribution in [-0.4, -0.2) is 35.5 Å². The SMILES string of the molecule is CN(C)C/C=C/c1ccc2ncc(C#N)c(Nc3ccc(CCc4ccccn4)c(Cl)c3)c2c1. The van der Waals surface area contributed by atoms with Crippen LogP contribution in [0.2, 0.25) is 5.02 Å². The van der Waals surface area contributed by atoms with Crippen molar-refractivity contribution in [1.29, 1.82) is 5.26 Å². The zero-order valence-electron chi connectivity index (χ0n) is 19.3. The number of aryl methyl sites for hydroxylation is 2. The molecule has 34 heavy (non-hydrogen) atoms. The maximum Gasteiger partial charge on any atom is 0.103 e. The van der Waals surface area contributed by atoms with E-state index in [1.807, 2.05) is 62.6 Å². The molecule has 1 N–H and O–H groups in total. The molecule has 0 aliphatic heterocycles. The standard InChI is InChI=1S/C28H26ClN5/c1-34(2)15-5-6-20-8-13-27-25(16-20)28(22(18-30)19-32-27)33-24-12-10-21(26(29)17-24)9-11-23-7-3-4-14-31-23/h3-8,10,12-14,16-17,19H,9,11,15H2,1-2H3,(H,32,33)/b6-5+. The Morgan fingerprint density at radius 3 is 2.68 bits per heavy atom. The molecule has 0 bridgehead atoms. The van der Waals surface area contributed by atoms with E-state index in [1.54, 1.807) is 12.4 Å². The van der Waals surface area contributed by atoms with Gasteiger partial charge in [0.15, 0.2) is 0 Å². The summed E-state index contributed by atoms with van der Waals surface area (Å²) in [7, 11) is 4.07. The number of aromatic nitrogens is 2. The van der Waals surface area contributed by atoms with Gasteiger partial charge in [-0.15, -0.1) is 0 Å². The normalized spacial score (nSPS) is 11.3. The van der Waals surface area contributed by atoms with Crippen molar-refractivity contribution in [2.24, 2.45) is 0 Å². The van der Waals surface area contributed by atoms with E-state index >= 15 is 0 Å². The first-order valence-electron chi connectivity index (χ1n) is 11.1. The van der Waals surface area contributed by atoms with Crippen LogP contribution in [0.3, 0.4) is 0 Å². The average Bonchev–Trinajstić information content (AvgIpc) is 2.84. The molecule has 4 rings (SSSR count). The molecule has 0 radical (unpaired) electrons. The molecule has 0 unspecified atom stereocenters. The molecule has 0 aliphatic rings. The third-order valence-electron chi connectivity index (χ3n) is 5.49. The van der Waals surface area contributed by atoms with Gasteiger partial charge in [0.05, 0.1) is 16.8 Å². The quantitative estimate of drug-likeness (QED) is 0.331. The maximum absolute atomic E-state index is 9.72. The fourth-order valence-corrected chi connectivity index (χ4v) is 3.99. The number of benzene rings is 2. The van der Waals surface area contributed by atoms with Gasteiger partial charge in [-0.1, -0.05) is 42.0 Å². The zero-order chi connectivity index (χ0) is 23.9. The summed E-state index contributed by atoms with van der Waals surface area (Å²) < 4.78 is 0. The molecule has 0 saturated carbocycles. The van der Waals surface area contributed by atoms with Crippen LogP contribution >= 0.6 is 11.6 Å². The molecule has 0 saturated heterocycles. The van der Waals surface area contributed by atoms with Gasteiger partial charge in [0, 0.05) is 40.7 Å². The highest BCUT2D eigenvalue weighted by molar-refractivity contribution is 6.31. The third-order valence-corrected chi connectivity index (χ3v) is 5.84. The lowest BCUT2D eigenvalue weighted by molar-refractivity contribution is 0.457. The fourth-order valence-electron chi connectivity index (χ4n) is 3.71. The Labute approximate surface area is 205 Å². The highest BCUT2D eigenvalue weighted by Crippen LogP contribution is 2.31. The van der Waals surface area contributed by atoms with Crippen molar-refractivity contribution in [3.8, 4) is 6.07 Å². The Balaban J connectivity index is 1.60. The molecule has 0 spiro atoms. The first kappa shape index (κ1) is 23.4. The monoisotopic (exact) mass is 467 g/mol.